The molecule has 0 atom stereocenters. The number of fused-ring (bicyclic) bond motifs is 1. The molecule has 0 spiro atoms. The normalized spacial score (nSPS) is 10.6. The zero-order chi connectivity index (χ0) is 12.3. The molecule has 0 aliphatic rings. The van der Waals surface area contributed by atoms with Crippen LogP contribution in [0.3, 0.4) is 0 Å². The van der Waals surface area contributed by atoms with Crippen molar-refractivity contribution in [1.29, 1.82) is 0 Å². The maximum absolute atomic E-state index is 11.5. The van der Waals surface area contributed by atoms with Crippen LogP contribution in [0.2, 0.25) is 0 Å². The second kappa shape index (κ2) is 4.73. The van der Waals surface area contributed by atoms with E-state index in [0.29, 0.717) is 29.4 Å². The second-order valence-corrected chi connectivity index (χ2v) is 3.65. The lowest BCUT2D eigenvalue weighted by atomic mass is 10.1. The number of pyridine rings is 1. The first kappa shape index (κ1) is 11.3. The van der Waals surface area contributed by atoms with Crippen LogP contribution >= 0.6 is 0 Å². The largest absolute Gasteiger partial charge is 0.481 e. The van der Waals surface area contributed by atoms with Crippen molar-refractivity contribution in [2.45, 2.75) is 19.3 Å². The van der Waals surface area contributed by atoms with Crippen LogP contribution in [0.5, 0.6) is 0 Å². The molecular formula is C11H11N3O3. The maximum Gasteiger partial charge on any atom is 0.303 e. The number of aromatic amines is 1. The number of carboxylic acid groups (broad SMARTS) is 1. The molecule has 2 aromatic rings. The summed E-state index contributed by atoms with van der Waals surface area (Å²) < 4.78 is 0. The molecule has 0 bridgehead atoms. The van der Waals surface area contributed by atoms with Gasteiger partial charge < -0.3 is 5.11 Å². The number of hydrogen-bond acceptors (Lipinski definition) is 4. The fourth-order valence-corrected chi connectivity index (χ4v) is 1.63. The molecular weight excluding hydrogens is 222 g/mol. The molecule has 6 heteroatoms. The van der Waals surface area contributed by atoms with Gasteiger partial charge in [-0.15, -0.1) is 0 Å². The molecule has 0 saturated heterocycles. The van der Waals surface area contributed by atoms with Gasteiger partial charge in [-0.05, 0) is 25.0 Å². The third kappa shape index (κ3) is 2.47. The van der Waals surface area contributed by atoms with E-state index < -0.39 is 5.97 Å². The van der Waals surface area contributed by atoms with Gasteiger partial charge in [0.1, 0.15) is 0 Å². The molecule has 2 N–H and O–H groups in total. The summed E-state index contributed by atoms with van der Waals surface area (Å²) in [6.45, 7) is 0. The molecule has 6 nitrogen and oxygen atoms in total. The minimum Gasteiger partial charge on any atom is -0.481 e. The predicted octanol–water partition coefficient (Wildman–Crippen LogP) is 0.725. The minimum atomic E-state index is -0.841. The van der Waals surface area contributed by atoms with E-state index in [4.69, 9.17) is 5.11 Å². The number of nitrogens with one attached hydrogen (secondary N) is 1. The Bertz CT molecular complexity index is 606. The van der Waals surface area contributed by atoms with Gasteiger partial charge in [-0.1, -0.05) is 0 Å². The van der Waals surface area contributed by atoms with E-state index >= 15 is 0 Å². The molecule has 17 heavy (non-hydrogen) atoms. The van der Waals surface area contributed by atoms with Gasteiger partial charge in [-0.25, -0.2) is 5.10 Å². The van der Waals surface area contributed by atoms with Crippen molar-refractivity contribution in [2.24, 2.45) is 0 Å². The Balaban J connectivity index is 2.32. The smallest absolute Gasteiger partial charge is 0.303 e. The third-order valence-corrected chi connectivity index (χ3v) is 2.42. The van der Waals surface area contributed by atoms with Crippen molar-refractivity contribution in [3.8, 4) is 0 Å². The van der Waals surface area contributed by atoms with Crippen LogP contribution in [0.1, 0.15) is 18.5 Å². The first-order chi connectivity index (χ1) is 8.18. The number of rotatable bonds is 4. The van der Waals surface area contributed by atoms with Gasteiger partial charge >= 0.3 is 5.97 Å². The fraction of sp³-hybridized carbons (Fsp3) is 0.273. The molecule has 0 fully saturated rings. The Morgan fingerprint density at radius 3 is 3.06 bits per heavy atom. The number of aryl methyl sites for hydroxylation is 1. The van der Waals surface area contributed by atoms with Crippen LogP contribution in [0.4, 0.5) is 0 Å². The molecule has 0 radical (unpaired) electrons. The molecule has 0 amide bonds. The van der Waals surface area contributed by atoms with Crippen molar-refractivity contribution in [3.63, 3.8) is 0 Å². The molecule has 0 unspecified atom stereocenters. The summed E-state index contributed by atoms with van der Waals surface area (Å²) in [4.78, 5) is 26.0. The summed E-state index contributed by atoms with van der Waals surface area (Å²) >= 11 is 0. The minimum absolute atomic E-state index is 0.0785. The standard InChI is InChI=1S/C11H11N3O3/c15-9(16)5-1-4-8-10-7(3-2-6-12-10)11(17)14-13-8/h2-3,6H,1,4-5H2,(H,14,17)(H,15,16). The maximum atomic E-state index is 11.5. The lowest BCUT2D eigenvalue weighted by Gasteiger charge is -2.02. The molecule has 0 aliphatic carbocycles. The average Bonchev–Trinajstić information content (AvgIpc) is 2.32. The lowest BCUT2D eigenvalue weighted by Crippen LogP contribution is -2.12. The highest BCUT2D eigenvalue weighted by Gasteiger charge is 2.07. The number of carboxylic acids is 1. The Labute approximate surface area is 96.3 Å². The zero-order valence-corrected chi connectivity index (χ0v) is 9.01. The quantitative estimate of drug-likeness (QED) is 0.811. The summed E-state index contributed by atoms with van der Waals surface area (Å²) in [6, 6.07) is 3.35. The summed E-state index contributed by atoms with van der Waals surface area (Å²) in [6.07, 6.45) is 2.62. The van der Waals surface area contributed by atoms with E-state index in [2.05, 4.69) is 15.2 Å². The average molecular weight is 233 g/mol. The lowest BCUT2D eigenvalue weighted by molar-refractivity contribution is -0.137. The highest BCUT2D eigenvalue weighted by molar-refractivity contribution is 5.79. The van der Waals surface area contributed by atoms with Crippen molar-refractivity contribution in [2.75, 3.05) is 0 Å². The summed E-state index contributed by atoms with van der Waals surface area (Å²) in [5.74, 6) is -0.841. The van der Waals surface area contributed by atoms with Gasteiger partial charge in [-0.2, -0.15) is 5.10 Å². The van der Waals surface area contributed by atoms with Crippen molar-refractivity contribution in [1.82, 2.24) is 15.2 Å². The molecule has 2 rings (SSSR count). The number of hydrogen-bond donors (Lipinski definition) is 2. The number of aromatic nitrogens is 3. The van der Waals surface area contributed by atoms with E-state index in [9.17, 15) is 9.59 Å². The Morgan fingerprint density at radius 2 is 2.29 bits per heavy atom. The first-order valence-corrected chi connectivity index (χ1v) is 5.22. The number of nitrogens with zero attached hydrogens (tertiary/aromatic N) is 2. The summed E-state index contributed by atoms with van der Waals surface area (Å²) in [5.41, 5.74) is 0.887. The van der Waals surface area contributed by atoms with Gasteiger partial charge in [0.15, 0.2) is 0 Å². The van der Waals surface area contributed by atoms with Crippen LogP contribution < -0.4 is 5.56 Å². The van der Waals surface area contributed by atoms with E-state index in [1.54, 1.807) is 18.3 Å². The SMILES string of the molecule is O=C(O)CCCc1n[nH]c(=O)c2cccnc12. The van der Waals surface area contributed by atoms with E-state index in [0.717, 1.165) is 0 Å². The van der Waals surface area contributed by atoms with Gasteiger partial charge in [0, 0.05) is 12.6 Å². The monoisotopic (exact) mass is 233 g/mol. The number of H-pyrrole nitrogens is 1. The molecule has 0 saturated carbocycles. The number of carbonyl (C=O) groups is 1. The predicted molar refractivity (Wildman–Crippen MR) is 60.7 cm³/mol. The van der Waals surface area contributed by atoms with Crippen molar-refractivity contribution in [3.05, 3.63) is 34.4 Å². The van der Waals surface area contributed by atoms with Crippen LogP contribution in [0.15, 0.2) is 23.1 Å². The van der Waals surface area contributed by atoms with E-state index in [1.807, 2.05) is 0 Å². The Kier molecular flexibility index (Phi) is 3.13. The fourth-order valence-electron chi connectivity index (χ4n) is 1.63. The van der Waals surface area contributed by atoms with Crippen LogP contribution in [-0.4, -0.2) is 26.3 Å². The van der Waals surface area contributed by atoms with Gasteiger partial charge in [0.2, 0.25) is 0 Å². The van der Waals surface area contributed by atoms with Gasteiger partial charge in [-0.3, -0.25) is 14.6 Å². The third-order valence-electron chi connectivity index (χ3n) is 2.42. The second-order valence-electron chi connectivity index (χ2n) is 3.65. The number of aliphatic carboxylic acids is 1. The topological polar surface area (TPSA) is 95.9 Å². The Morgan fingerprint density at radius 1 is 1.47 bits per heavy atom. The zero-order valence-electron chi connectivity index (χ0n) is 9.01. The van der Waals surface area contributed by atoms with Crippen LogP contribution in [-0.2, 0) is 11.2 Å². The van der Waals surface area contributed by atoms with Crippen LogP contribution in [0.25, 0.3) is 10.9 Å². The molecule has 0 aliphatic heterocycles. The highest BCUT2D eigenvalue weighted by Crippen LogP contribution is 2.11. The molecule has 2 heterocycles. The molecule has 0 aromatic carbocycles. The van der Waals surface area contributed by atoms with Gasteiger partial charge in [0.05, 0.1) is 16.6 Å². The summed E-state index contributed by atoms with van der Waals surface area (Å²) in [5, 5.41) is 15.3. The van der Waals surface area contributed by atoms with Gasteiger partial charge in [0.25, 0.3) is 5.56 Å². The first-order valence-electron chi connectivity index (χ1n) is 5.22. The molecule has 88 valence electrons. The van der Waals surface area contributed by atoms with Crippen molar-refractivity contribution >= 4 is 16.9 Å². The highest BCUT2D eigenvalue weighted by atomic mass is 16.4. The van der Waals surface area contributed by atoms with E-state index in [1.165, 1.54) is 0 Å². The summed E-state index contributed by atoms with van der Waals surface area (Å²) in [7, 11) is 0. The van der Waals surface area contributed by atoms with Crippen molar-refractivity contribution < 1.29 is 9.90 Å². The van der Waals surface area contributed by atoms with E-state index in [-0.39, 0.29) is 12.0 Å². The van der Waals surface area contributed by atoms with Crippen LogP contribution in [0, 0.1) is 0 Å². The molecule has 2 aromatic heterocycles. The Hall–Kier alpha value is -2.24.